The van der Waals surface area contributed by atoms with Gasteiger partial charge in [-0.05, 0) is 61.4 Å². The Hall–Kier alpha value is -3.32. The quantitative estimate of drug-likeness (QED) is 0.588. The van der Waals surface area contributed by atoms with Crippen molar-refractivity contribution in [2.24, 2.45) is 0 Å². The number of hydrogen-bond acceptors (Lipinski definition) is 4. The van der Waals surface area contributed by atoms with Crippen LogP contribution in [0.15, 0.2) is 83.8 Å². The maximum absolute atomic E-state index is 12.8. The molecule has 31 heavy (non-hydrogen) atoms. The number of carbonyl (C=O) groups is 1. The minimum atomic E-state index is -3.64. The number of hydrogen-bond donors (Lipinski definition) is 0. The van der Waals surface area contributed by atoms with Crippen LogP contribution in [0.25, 0.3) is 0 Å². The van der Waals surface area contributed by atoms with Crippen molar-refractivity contribution >= 4 is 27.3 Å². The zero-order valence-electron chi connectivity index (χ0n) is 17.4. The molecule has 1 aliphatic heterocycles. The van der Waals surface area contributed by atoms with Gasteiger partial charge in [0.2, 0.25) is 0 Å². The summed E-state index contributed by atoms with van der Waals surface area (Å²) in [4.78, 5) is 14.8. The summed E-state index contributed by atoms with van der Waals surface area (Å²) in [7, 11) is -2.14. The molecule has 7 heteroatoms. The molecule has 4 rings (SSSR count). The van der Waals surface area contributed by atoms with E-state index in [1.807, 2.05) is 31.2 Å². The predicted octanol–water partition coefficient (Wildman–Crippen LogP) is 3.87. The van der Waals surface area contributed by atoms with Crippen LogP contribution >= 0.6 is 0 Å². The van der Waals surface area contributed by atoms with Gasteiger partial charge in [0.25, 0.3) is 15.9 Å². The van der Waals surface area contributed by atoms with Crippen LogP contribution in [0.4, 0.5) is 11.4 Å². The SMILES string of the molecule is CC1Cc2ccccc2N1C(=O)COc1ccc(N(C)S(=O)(=O)c2ccccc2)cc1. The first-order valence-electron chi connectivity index (χ1n) is 10.0. The van der Waals surface area contributed by atoms with Crippen LogP contribution in [-0.2, 0) is 21.2 Å². The van der Waals surface area contributed by atoms with E-state index in [-0.39, 0.29) is 23.5 Å². The number of fused-ring (bicyclic) bond motifs is 1. The molecule has 1 unspecified atom stereocenters. The minimum absolute atomic E-state index is 0.0871. The number of carbonyl (C=O) groups excluding carboxylic acids is 1. The molecule has 3 aromatic rings. The summed E-state index contributed by atoms with van der Waals surface area (Å²) in [5.41, 5.74) is 2.60. The second kappa shape index (κ2) is 8.43. The highest BCUT2D eigenvalue weighted by Crippen LogP contribution is 2.32. The summed E-state index contributed by atoms with van der Waals surface area (Å²) in [6, 6.07) is 22.9. The lowest BCUT2D eigenvalue weighted by Gasteiger charge is -2.23. The highest BCUT2D eigenvalue weighted by molar-refractivity contribution is 7.92. The van der Waals surface area contributed by atoms with Crippen LogP contribution in [0.2, 0.25) is 0 Å². The monoisotopic (exact) mass is 436 g/mol. The van der Waals surface area contributed by atoms with Gasteiger partial charge in [-0.25, -0.2) is 8.42 Å². The molecular weight excluding hydrogens is 412 g/mol. The van der Waals surface area contributed by atoms with Crippen LogP contribution in [0.3, 0.4) is 0 Å². The van der Waals surface area contributed by atoms with Crippen molar-refractivity contribution in [3.05, 3.63) is 84.4 Å². The largest absolute Gasteiger partial charge is 0.484 e. The van der Waals surface area contributed by atoms with Crippen molar-refractivity contribution in [1.82, 2.24) is 0 Å². The number of ether oxygens (including phenoxy) is 1. The highest BCUT2D eigenvalue weighted by atomic mass is 32.2. The van der Waals surface area contributed by atoms with Gasteiger partial charge in [0.05, 0.1) is 10.6 Å². The zero-order chi connectivity index (χ0) is 22.0. The Kier molecular flexibility index (Phi) is 5.69. The lowest BCUT2D eigenvalue weighted by Crippen LogP contribution is -2.39. The van der Waals surface area contributed by atoms with Gasteiger partial charge in [-0.15, -0.1) is 0 Å². The van der Waals surface area contributed by atoms with Crippen LogP contribution < -0.4 is 13.9 Å². The summed E-state index contributed by atoms with van der Waals surface area (Å²) in [5, 5.41) is 0. The maximum atomic E-state index is 12.8. The smallest absolute Gasteiger partial charge is 0.265 e. The first-order chi connectivity index (χ1) is 14.9. The molecular formula is C24H24N2O4S. The fourth-order valence-electron chi connectivity index (χ4n) is 3.80. The molecule has 0 spiro atoms. The molecule has 6 nitrogen and oxygen atoms in total. The van der Waals surface area contributed by atoms with Gasteiger partial charge in [0.15, 0.2) is 6.61 Å². The van der Waals surface area contributed by atoms with E-state index in [2.05, 4.69) is 0 Å². The van der Waals surface area contributed by atoms with Crippen LogP contribution in [-0.4, -0.2) is 34.0 Å². The Morgan fingerprint density at radius 2 is 1.65 bits per heavy atom. The van der Waals surface area contributed by atoms with Crippen molar-refractivity contribution in [3.63, 3.8) is 0 Å². The van der Waals surface area contributed by atoms with Gasteiger partial charge in [-0.3, -0.25) is 9.10 Å². The molecule has 0 radical (unpaired) electrons. The third-order valence-electron chi connectivity index (χ3n) is 5.44. The summed E-state index contributed by atoms with van der Waals surface area (Å²) in [6.45, 7) is 1.94. The first kappa shape index (κ1) is 20.9. The fraction of sp³-hybridized carbons (Fsp3) is 0.208. The number of amides is 1. The van der Waals surface area contributed by atoms with Crippen molar-refractivity contribution in [3.8, 4) is 5.75 Å². The zero-order valence-corrected chi connectivity index (χ0v) is 18.2. The molecule has 160 valence electrons. The van der Waals surface area contributed by atoms with Crippen LogP contribution in [0.1, 0.15) is 12.5 Å². The maximum Gasteiger partial charge on any atom is 0.265 e. The second-order valence-corrected chi connectivity index (χ2v) is 9.48. The number of rotatable bonds is 6. The number of sulfonamides is 1. The normalized spacial score (nSPS) is 15.4. The Balaban J connectivity index is 1.42. The Bertz CT molecular complexity index is 1180. The summed E-state index contributed by atoms with van der Waals surface area (Å²) in [6.07, 6.45) is 0.832. The van der Waals surface area contributed by atoms with Gasteiger partial charge in [0.1, 0.15) is 5.75 Å². The lowest BCUT2D eigenvalue weighted by molar-refractivity contribution is -0.120. The molecule has 3 aromatic carbocycles. The second-order valence-electron chi connectivity index (χ2n) is 7.51. The summed E-state index contributed by atoms with van der Waals surface area (Å²) < 4.78 is 32.4. The Morgan fingerprint density at radius 3 is 2.35 bits per heavy atom. The van der Waals surface area contributed by atoms with Gasteiger partial charge in [-0.1, -0.05) is 36.4 Å². The first-order valence-corrected chi connectivity index (χ1v) is 11.5. The average Bonchev–Trinajstić information content (AvgIpc) is 3.13. The van der Waals surface area contributed by atoms with E-state index in [0.29, 0.717) is 11.4 Å². The van der Waals surface area contributed by atoms with Gasteiger partial charge >= 0.3 is 0 Å². The molecule has 0 fully saturated rings. The summed E-state index contributed by atoms with van der Waals surface area (Å²) >= 11 is 0. The molecule has 0 bridgehead atoms. The molecule has 1 atom stereocenters. The minimum Gasteiger partial charge on any atom is -0.484 e. The highest BCUT2D eigenvalue weighted by Gasteiger charge is 2.30. The number of para-hydroxylation sites is 1. The van der Waals surface area contributed by atoms with Crippen molar-refractivity contribution in [2.45, 2.75) is 24.3 Å². The van der Waals surface area contributed by atoms with Gasteiger partial charge in [-0.2, -0.15) is 0 Å². The van der Waals surface area contributed by atoms with Gasteiger partial charge in [0, 0.05) is 18.8 Å². The predicted molar refractivity (Wildman–Crippen MR) is 121 cm³/mol. The van der Waals surface area contributed by atoms with E-state index in [0.717, 1.165) is 17.7 Å². The number of benzene rings is 3. The van der Waals surface area contributed by atoms with Crippen LogP contribution in [0, 0.1) is 0 Å². The number of nitrogens with zero attached hydrogens (tertiary/aromatic N) is 2. The molecule has 1 aliphatic rings. The summed E-state index contributed by atoms with van der Waals surface area (Å²) in [5.74, 6) is 0.396. The van der Waals surface area contributed by atoms with Gasteiger partial charge < -0.3 is 9.64 Å². The molecule has 0 saturated carbocycles. The fourth-order valence-corrected chi connectivity index (χ4v) is 5.02. The van der Waals surface area contributed by atoms with Crippen LogP contribution in [0.5, 0.6) is 5.75 Å². The Labute approximate surface area is 182 Å². The van der Waals surface area contributed by atoms with E-state index in [1.165, 1.54) is 11.4 Å². The van der Waals surface area contributed by atoms with E-state index < -0.39 is 10.0 Å². The van der Waals surface area contributed by atoms with E-state index in [9.17, 15) is 13.2 Å². The standard InChI is InChI=1S/C24H24N2O4S/c1-18-16-19-8-6-7-11-23(19)26(18)24(27)17-30-21-14-12-20(13-15-21)25(2)31(28,29)22-9-4-3-5-10-22/h3-15,18H,16-17H2,1-2H3. The molecule has 0 aliphatic carbocycles. The molecule has 1 amide bonds. The van der Waals surface area contributed by atoms with E-state index in [4.69, 9.17) is 4.74 Å². The molecule has 0 N–H and O–H groups in total. The molecule has 0 saturated heterocycles. The van der Waals surface area contributed by atoms with Crippen molar-refractivity contribution in [2.75, 3.05) is 22.9 Å². The molecule has 1 heterocycles. The number of anilines is 2. The van der Waals surface area contributed by atoms with E-state index in [1.54, 1.807) is 59.5 Å². The topological polar surface area (TPSA) is 66.9 Å². The lowest BCUT2D eigenvalue weighted by atomic mass is 10.1. The third-order valence-corrected chi connectivity index (χ3v) is 7.24. The van der Waals surface area contributed by atoms with E-state index >= 15 is 0 Å². The average molecular weight is 437 g/mol. The molecule has 0 aromatic heterocycles. The third kappa shape index (κ3) is 4.14. The Morgan fingerprint density at radius 1 is 1.00 bits per heavy atom. The van der Waals surface area contributed by atoms with Crippen molar-refractivity contribution < 1.29 is 17.9 Å². The van der Waals surface area contributed by atoms with Crippen molar-refractivity contribution in [1.29, 1.82) is 0 Å².